The van der Waals surface area contributed by atoms with Crippen molar-refractivity contribution in [1.29, 1.82) is 0 Å². The highest BCUT2D eigenvalue weighted by Gasteiger charge is 2.52. The third-order valence-electron chi connectivity index (χ3n) is 4.92. The van der Waals surface area contributed by atoms with E-state index in [1.54, 1.807) is 0 Å². The summed E-state index contributed by atoms with van der Waals surface area (Å²) < 4.78 is 64.3. The van der Waals surface area contributed by atoms with Crippen molar-refractivity contribution in [2.24, 2.45) is 0 Å². The molecular weight excluding hydrogens is 349 g/mol. The van der Waals surface area contributed by atoms with Gasteiger partial charge in [-0.25, -0.2) is 4.39 Å². The topological polar surface area (TPSA) is 21.7 Å². The first-order valence-corrected chi connectivity index (χ1v) is 8.78. The molecule has 8 heteroatoms. The lowest BCUT2D eigenvalue weighted by atomic mass is 9.78. The molecule has 0 spiro atoms. The molecule has 0 bridgehead atoms. The third-order valence-corrected chi connectivity index (χ3v) is 4.92. The van der Waals surface area contributed by atoms with Crippen molar-refractivity contribution in [3.05, 3.63) is 29.6 Å². The lowest BCUT2D eigenvalue weighted by Gasteiger charge is -2.32. The van der Waals surface area contributed by atoms with Gasteiger partial charge in [-0.15, -0.1) is 0 Å². The summed E-state index contributed by atoms with van der Waals surface area (Å²) in [5.74, 6) is -0.495. The summed E-state index contributed by atoms with van der Waals surface area (Å²) >= 11 is 0. The standard InChI is InChI=1S/C18H26BF4NO2/c1-6-9-24(12-18(21,22)23)11-13-7-8-15(20)14(10-13)19-25-16(2,3)17(4,5)26-19/h7-8,10H,6,9,11-12H2,1-5H3. The fourth-order valence-electron chi connectivity index (χ4n) is 2.88. The van der Waals surface area contributed by atoms with Crippen molar-refractivity contribution >= 4 is 12.6 Å². The van der Waals surface area contributed by atoms with E-state index in [9.17, 15) is 17.6 Å². The summed E-state index contributed by atoms with van der Waals surface area (Å²) in [4.78, 5) is 1.31. The molecule has 1 heterocycles. The van der Waals surface area contributed by atoms with Crippen LogP contribution in [0.1, 0.15) is 46.6 Å². The van der Waals surface area contributed by atoms with Crippen LogP contribution in [0.5, 0.6) is 0 Å². The highest BCUT2D eigenvalue weighted by molar-refractivity contribution is 6.62. The summed E-state index contributed by atoms with van der Waals surface area (Å²) in [5.41, 5.74) is -0.437. The minimum Gasteiger partial charge on any atom is -0.399 e. The van der Waals surface area contributed by atoms with Gasteiger partial charge in [0.25, 0.3) is 0 Å². The molecule has 1 aromatic rings. The molecule has 0 unspecified atom stereocenters. The van der Waals surface area contributed by atoms with Gasteiger partial charge in [-0.3, -0.25) is 4.90 Å². The minimum absolute atomic E-state index is 0.0835. The average Bonchev–Trinajstić information content (AvgIpc) is 2.68. The Balaban J connectivity index is 2.22. The van der Waals surface area contributed by atoms with E-state index < -0.39 is 36.9 Å². The van der Waals surface area contributed by atoms with Crippen molar-refractivity contribution in [3.63, 3.8) is 0 Å². The maximum absolute atomic E-state index is 14.3. The molecule has 146 valence electrons. The Bertz CT molecular complexity index is 618. The van der Waals surface area contributed by atoms with Gasteiger partial charge >= 0.3 is 13.3 Å². The van der Waals surface area contributed by atoms with Crippen LogP contribution >= 0.6 is 0 Å². The van der Waals surface area contributed by atoms with E-state index in [2.05, 4.69) is 0 Å². The SMILES string of the molecule is CCCN(Cc1ccc(F)c(B2OC(C)(C)C(C)(C)O2)c1)CC(F)(F)F. The zero-order valence-corrected chi connectivity index (χ0v) is 15.9. The summed E-state index contributed by atoms with van der Waals surface area (Å²) in [6, 6.07) is 4.30. The summed E-state index contributed by atoms with van der Waals surface area (Å²) in [6.07, 6.45) is -3.68. The molecule has 0 aliphatic carbocycles. The van der Waals surface area contributed by atoms with Crippen LogP contribution in [0, 0.1) is 5.82 Å². The average molecular weight is 375 g/mol. The minimum atomic E-state index is -4.27. The van der Waals surface area contributed by atoms with Crippen LogP contribution in [0.4, 0.5) is 17.6 Å². The zero-order chi connectivity index (χ0) is 19.8. The van der Waals surface area contributed by atoms with Gasteiger partial charge in [0.1, 0.15) is 5.82 Å². The fraction of sp³-hybridized carbons (Fsp3) is 0.667. The second-order valence-corrected chi connectivity index (χ2v) is 7.77. The molecule has 1 aliphatic rings. The number of nitrogens with zero attached hydrogens (tertiary/aromatic N) is 1. The second-order valence-electron chi connectivity index (χ2n) is 7.77. The number of alkyl halides is 3. The maximum atomic E-state index is 14.3. The van der Waals surface area contributed by atoms with Crippen LogP contribution in [0.25, 0.3) is 0 Å². The third kappa shape index (κ3) is 4.99. The van der Waals surface area contributed by atoms with Crippen LogP contribution in [0.15, 0.2) is 18.2 Å². The van der Waals surface area contributed by atoms with Crippen LogP contribution in [0.2, 0.25) is 0 Å². The van der Waals surface area contributed by atoms with Crippen molar-refractivity contribution < 1.29 is 26.9 Å². The maximum Gasteiger partial charge on any atom is 0.497 e. The van der Waals surface area contributed by atoms with Gasteiger partial charge in [0, 0.05) is 12.0 Å². The molecule has 0 radical (unpaired) electrons. The molecule has 1 aliphatic heterocycles. The van der Waals surface area contributed by atoms with Crippen molar-refractivity contribution in [3.8, 4) is 0 Å². The van der Waals surface area contributed by atoms with Gasteiger partial charge < -0.3 is 9.31 Å². The monoisotopic (exact) mass is 375 g/mol. The number of halogens is 4. The van der Waals surface area contributed by atoms with Crippen LogP contribution in [-0.2, 0) is 15.9 Å². The van der Waals surface area contributed by atoms with E-state index in [-0.39, 0.29) is 12.0 Å². The normalized spacial score (nSPS) is 19.4. The molecule has 3 nitrogen and oxygen atoms in total. The summed E-state index contributed by atoms with van der Waals surface area (Å²) in [5, 5.41) is 0. The first kappa shape index (κ1) is 21.2. The van der Waals surface area contributed by atoms with Crippen LogP contribution in [0.3, 0.4) is 0 Å². The van der Waals surface area contributed by atoms with Crippen LogP contribution < -0.4 is 5.46 Å². The summed E-state index contributed by atoms with van der Waals surface area (Å²) in [7, 11) is -0.887. The smallest absolute Gasteiger partial charge is 0.399 e. The van der Waals surface area contributed by atoms with Gasteiger partial charge in [0.05, 0.1) is 17.7 Å². The number of hydrogen-bond acceptors (Lipinski definition) is 3. The van der Waals surface area contributed by atoms with Gasteiger partial charge in [-0.1, -0.05) is 19.1 Å². The lowest BCUT2D eigenvalue weighted by molar-refractivity contribution is -0.147. The quantitative estimate of drug-likeness (QED) is 0.556. The van der Waals surface area contributed by atoms with Crippen molar-refractivity contribution in [1.82, 2.24) is 4.90 Å². The molecule has 0 amide bonds. The molecule has 2 rings (SSSR count). The first-order chi connectivity index (χ1) is 11.8. The van der Waals surface area contributed by atoms with E-state index >= 15 is 0 Å². The Morgan fingerprint density at radius 3 is 2.15 bits per heavy atom. The molecule has 26 heavy (non-hydrogen) atoms. The Morgan fingerprint density at radius 2 is 1.65 bits per heavy atom. The van der Waals surface area contributed by atoms with E-state index in [0.717, 1.165) is 0 Å². The molecule has 1 fully saturated rings. The molecule has 1 aromatic carbocycles. The van der Waals surface area contributed by atoms with E-state index in [1.807, 2.05) is 34.6 Å². The second kappa shape index (κ2) is 7.48. The highest BCUT2D eigenvalue weighted by Crippen LogP contribution is 2.36. The van der Waals surface area contributed by atoms with E-state index in [1.165, 1.54) is 23.1 Å². The zero-order valence-electron chi connectivity index (χ0n) is 15.9. The van der Waals surface area contributed by atoms with E-state index in [4.69, 9.17) is 9.31 Å². The first-order valence-electron chi connectivity index (χ1n) is 8.78. The highest BCUT2D eigenvalue weighted by atomic mass is 19.4. The van der Waals surface area contributed by atoms with Crippen LogP contribution in [-0.4, -0.2) is 42.5 Å². The van der Waals surface area contributed by atoms with Gasteiger partial charge in [-0.2, -0.15) is 13.2 Å². The molecule has 0 aromatic heterocycles. The predicted octanol–water partition coefficient (Wildman–Crippen LogP) is 3.90. The largest absolute Gasteiger partial charge is 0.497 e. The van der Waals surface area contributed by atoms with Crippen molar-refractivity contribution in [2.75, 3.05) is 13.1 Å². The Hall–Kier alpha value is -1.12. The van der Waals surface area contributed by atoms with Gasteiger partial charge in [0.2, 0.25) is 0 Å². The Morgan fingerprint density at radius 1 is 1.08 bits per heavy atom. The lowest BCUT2D eigenvalue weighted by Crippen LogP contribution is -2.41. The molecule has 0 saturated carbocycles. The number of hydrogen-bond donors (Lipinski definition) is 0. The Kier molecular flexibility index (Phi) is 6.10. The van der Waals surface area contributed by atoms with Crippen molar-refractivity contribution in [2.45, 2.75) is 65.0 Å². The number of benzene rings is 1. The molecule has 0 atom stereocenters. The predicted molar refractivity (Wildman–Crippen MR) is 93.7 cm³/mol. The Labute approximate surface area is 152 Å². The van der Waals surface area contributed by atoms with Gasteiger partial charge in [-0.05, 0) is 52.3 Å². The molecule has 0 N–H and O–H groups in total. The molecular formula is C18H26BF4NO2. The summed E-state index contributed by atoms with van der Waals surface area (Å²) in [6.45, 7) is 8.67. The fourth-order valence-corrected chi connectivity index (χ4v) is 2.88. The number of rotatable bonds is 6. The molecule has 1 saturated heterocycles. The van der Waals surface area contributed by atoms with E-state index in [0.29, 0.717) is 18.5 Å². The van der Waals surface area contributed by atoms with Gasteiger partial charge in [0.15, 0.2) is 0 Å².